The highest BCUT2D eigenvalue weighted by molar-refractivity contribution is 14.0. The largest absolute Gasteiger partial charge is 0.361 e. The predicted octanol–water partition coefficient (Wildman–Crippen LogP) is 2.94. The minimum Gasteiger partial charge on any atom is -0.361 e. The second kappa shape index (κ2) is 11.8. The minimum atomic E-state index is -0.244. The molecule has 0 saturated carbocycles. The molecule has 1 aromatic carbocycles. The molecule has 0 aliphatic heterocycles. The first-order valence-electron chi connectivity index (χ1n) is 9.02. The Bertz CT molecular complexity index is 762. The van der Waals surface area contributed by atoms with Gasteiger partial charge < -0.3 is 20.9 Å². The second-order valence-corrected chi connectivity index (χ2v) is 6.31. The SMILES string of the molecule is CCC(C)NC(=O)CCNC(=NC)NCCc1c[nH]c2cc(F)ccc12.I. The smallest absolute Gasteiger partial charge is 0.221 e. The van der Waals surface area contributed by atoms with Crippen LogP contribution in [0, 0.1) is 5.82 Å². The van der Waals surface area contributed by atoms with E-state index in [0.29, 0.717) is 25.5 Å². The Balaban J connectivity index is 0.00000364. The van der Waals surface area contributed by atoms with Crippen LogP contribution in [0.3, 0.4) is 0 Å². The zero-order valence-electron chi connectivity index (χ0n) is 16.1. The number of benzene rings is 1. The maximum Gasteiger partial charge on any atom is 0.221 e. The summed E-state index contributed by atoms with van der Waals surface area (Å²) in [4.78, 5) is 19.0. The van der Waals surface area contributed by atoms with Crippen molar-refractivity contribution in [2.24, 2.45) is 4.99 Å². The van der Waals surface area contributed by atoms with Crippen molar-refractivity contribution in [1.82, 2.24) is 20.9 Å². The van der Waals surface area contributed by atoms with Crippen LogP contribution in [-0.4, -0.2) is 43.0 Å². The molecule has 0 spiro atoms. The van der Waals surface area contributed by atoms with Gasteiger partial charge in [0, 0.05) is 49.7 Å². The number of fused-ring (bicyclic) bond motifs is 1. The Kier molecular flexibility index (Phi) is 10.1. The molecule has 8 heteroatoms. The number of aromatic amines is 1. The molecule has 1 aromatic heterocycles. The number of halogens is 2. The third-order valence-corrected chi connectivity index (χ3v) is 4.30. The van der Waals surface area contributed by atoms with Crippen molar-refractivity contribution in [3.63, 3.8) is 0 Å². The summed E-state index contributed by atoms with van der Waals surface area (Å²) in [6.07, 6.45) is 4.00. The van der Waals surface area contributed by atoms with Crippen molar-refractivity contribution in [3.05, 3.63) is 35.8 Å². The number of amides is 1. The van der Waals surface area contributed by atoms with Gasteiger partial charge in [-0.05, 0) is 43.5 Å². The highest BCUT2D eigenvalue weighted by Gasteiger charge is 2.07. The normalized spacial score (nSPS) is 12.4. The summed E-state index contributed by atoms with van der Waals surface area (Å²) in [6.45, 7) is 5.24. The van der Waals surface area contributed by atoms with Crippen molar-refractivity contribution < 1.29 is 9.18 Å². The van der Waals surface area contributed by atoms with Gasteiger partial charge in [-0.15, -0.1) is 24.0 Å². The molecule has 150 valence electrons. The van der Waals surface area contributed by atoms with Crippen LogP contribution >= 0.6 is 24.0 Å². The fraction of sp³-hybridized carbons (Fsp3) is 0.474. The standard InChI is InChI=1S/C19H28FN5O.HI/c1-4-13(2)25-18(26)8-10-23-19(21-3)22-9-7-14-12-24-17-11-15(20)5-6-16(14)17;/h5-6,11-13,24H,4,7-10H2,1-3H3,(H,25,26)(H2,21,22,23);1H. The van der Waals surface area contributed by atoms with E-state index < -0.39 is 0 Å². The zero-order chi connectivity index (χ0) is 18.9. The maximum absolute atomic E-state index is 13.2. The first-order valence-corrected chi connectivity index (χ1v) is 9.02. The van der Waals surface area contributed by atoms with Gasteiger partial charge in [0.1, 0.15) is 5.82 Å². The first kappa shape index (κ1) is 23.2. The molecule has 6 nitrogen and oxygen atoms in total. The lowest BCUT2D eigenvalue weighted by Crippen LogP contribution is -2.40. The van der Waals surface area contributed by atoms with Gasteiger partial charge >= 0.3 is 0 Å². The van der Waals surface area contributed by atoms with Crippen molar-refractivity contribution >= 4 is 46.7 Å². The van der Waals surface area contributed by atoms with Crippen LogP contribution in [-0.2, 0) is 11.2 Å². The molecule has 1 atom stereocenters. The molecule has 4 N–H and O–H groups in total. The Morgan fingerprint density at radius 1 is 1.30 bits per heavy atom. The number of nitrogens with zero attached hydrogens (tertiary/aromatic N) is 1. The Morgan fingerprint density at radius 2 is 2.04 bits per heavy atom. The second-order valence-electron chi connectivity index (χ2n) is 6.31. The molecule has 1 heterocycles. The van der Waals surface area contributed by atoms with Crippen LogP contribution in [0.1, 0.15) is 32.3 Å². The number of H-pyrrole nitrogens is 1. The van der Waals surface area contributed by atoms with E-state index in [2.05, 4.69) is 25.9 Å². The average molecular weight is 489 g/mol. The fourth-order valence-electron chi connectivity index (χ4n) is 2.65. The predicted molar refractivity (Wildman–Crippen MR) is 119 cm³/mol. The van der Waals surface area contributed by atoms with Crippen LogP contribution < -0.4 is 16.0 Å². The van der Waals surface area contributed by atoms with E-state index in [1.54, 1.807) is 13.1 Å². The third-order valence-electron chi connectivity index (χ3n) is 4.30. The van der Waals surface area contributed by atoms with Crippen LogP contribution in [0.15, 0.2) is 29.4 Å². The number of nitrogens with one attached hydrogen (secondary N) is 4. The summed E-state index contributed by atoms with van der Waals surface area (Å²) in [5.74, 6) is 0.451. The highest BCUT2D eigenvalue weighted by atomic mass is 127. The number of hydrogen-bond donors (Lipinski definition) is 4. The lowest BCUT2D eigenvalue weighted by molar-refractivity contribution is -0.121. The molecule has 1 unspecified atom stereocenters. The molecular formula is C19H29FIN5O. The van der Waals surface area contributed by atoms with Gasteiger partial charge in [0.25, 0.3) is 0 Å². The number of carbonyl (C=O) groups excluding carboxylic acids is 1. The molecule has 1 amide bonds. The lowest BCUT2D eigenvalue weighted by Gasteiger charge is -2.13. The first-order chi connectivity index (χ1) is 12.5. The molecule has 0 fully saturated rings. The number of rotatable bonds is 8. The summed E-state index contributed by atoms with van der Waals surface area (Å²) in [5, 5.41) is 10.3. The van der Waals surface area contributed by atoms with Crippen molar-refractivity contribution in [1.29, 1.82) is 0 Å². The van der Waals surface area contributed by atoms with Crippen molar-refractivity contribution in [2.75, 3.05) is 20.1 Å². The Hall–Kier alpha value is -1.84. The quantitative estimate of drug-likeness (QED) is 0.262. The average Bonchev–Trinajstić information content (AvgIpc) is 3.02. The number of hydrogen-bond acceptors (Lipinski definition) is 2. The summed E-state index contributed by atoms with van der Waals surface area (Å²) < 4.78 is 13.2. The van der Waals surface area contributed by atoms with E-state index in [1.165, 1.54) is 12.1 Å². The topological polar surface area (TPSA) is 81.3 Å². The maximum atomic E-state index is 13.2. The fourth-order valence-corrected chi connectivity index (χ4v) is 2.65. The summed E-state index contributed by atoms with van der Waals surface area (Å²) >= 11 is 0. The van der Waals surface area contributed by atoms with Crippen LogP contribution in [0.25, 0.3) is 10.9 Å². The minimum absolute atomic E-state index is 0. The van der Waals surface area contributed by atoms with Gasteiger partial charge in [-0.1, -0.05) is 6.92 Å². The molecule has 0 radical (unpaired) electrons. The molecule has 0 bridgehead atoms. The molecule has 27 heavy (non-hydrogen) atoms. The molecule has 0 aliphatic rings. The lowest BCUT2D eigenvalue weighted by atomic mass is 10.1. The monoisotopic (exact) mass is 489 g/mol. The van der Waals surface area contributed by atoms with Crippen LogP contribution in [0.2, 0.25) is 0 Å². The molecule has 0 aliphatic carbocycles. The van der Waals surface area contributed by atoms with E-state index in [9.17, 15) is 9.18 Å². The summed E-state index contributed by atoms with van der Waals surface area (Å²) in [5.41, 5.74) is 1.92. The van der Waals surface area contributed by atoms with E-state index in [-0.39, 0.29) is 41.7 Å². The molecule has 2 aromatic rings. The number of carbonyl (C=O) groups is 1. The van der Waals surface area contributed by atoms with E-state index in [1.807, 2.05) is 20.0 Å². The van der Waals surface area contributed by atoms with Gasteiger partial charge in [-0.25, -0.2) is 4.39 Å². The van der Waals surface area contributed by atoms with Crippen LogP contribution in [0.5, 0.6) is 0 Å². The summed E-state index contributed by atoms with van der Waals surface area (Å²) in [7, 11) is 1.70. The molecule has 2 rings (SSSR count). The van der Waals surface area contributed by atoms with Gasteiger partial charge in [-0.2, -0.15) is 0 Å². The Morgan fingerprint density at radius 3 is 2.74 bits per heavy atom. The van der Waals surface area contributed by atoms with E-state index in [4.69, 9.17) is 0 Å². The number of aromatic nitrogens is 1. The van der Waals surface area contributed by atoms with Crippen molar-refractivity contribution in [2.45, 2.75) is 39.2 Å². The van der Waals surface area contributed by atoms with Gasteiger partial charge in [0.15, 0.2) is 5.96 Å². The summed E-state index contributed by atoms with van der Waals surface area (Å²) in [6, 6.07) is 4.96. The van der Waals surface area contributed by atoms with Gasteiger partial charge in [0.05, 0.1) is 0 Å². The Labute approximate surface area is 176 Å². The number of guanidine groups is 1. The van der Waals surface area contributed by atoms with Gasteiger partial charge in [0.2, 0.25) is 5.91 Å². The number of aliphatic imine (C=N–C) groups is 1. The third kappa shape index (κ3) is 7.36. The van der Waals surface area contributed by atoms with E-state index in [0.717, 1.165) is 29.3 Å². The van der Waals surface area contributed by atoms with Gasteiger partial charge in [-0.3, -0.25) is 9.79 Å². The van der Waals surface area contributed by atoms with E-state index >= 15 is 0 Å². The van der Waals surface area contributed by atoms with Crippen LogP contribution in [0.4, 0.5) is 4.39 Å². The van der Waals surface area contributed by atoms with Crippen molar-refractivity contribution in [3.8, 4) is 0 Å². The zero-order valence-corrected chi connectivity index (χ0v) is 18.4. The highest BCUT2D eigenvalue weighted by Crippen LogP contribution is 2.19. The molecular weight excluding hydrogens is 460 g/mol. The molecule has 0 saturated heterocycles.